The molecule has 0 aliphatic rings. The Labute approximate surface area is 121 Å². The zero-order valence-corrected chi connectivity index (χ0v) is 12.5. The van der Waals surface area contributed by atoms with Crippen molar-refractivity contribution in [3.63, 3.8) is 0 Å². The number of nitrogens with zero attached hydrogens (tertiary/aromatic N) is 5. The van der Waals surface area contributed by atoms with Crippen molar-refractivity contribution in [1.29, 1.82) is 0 Å². The summed E-state index contributed by atoms with van der Waals surface area (Å²) in [6.07, 6.45) is 2.13. The molecule has 0 radical (unpaired) electrons. The van der Waals surface area contributed by atoms with Crippen LogP contribution >= 0.6 is 0 Å². The molecule has 0 aliphatic carbocycles. The number of methoxy groups -OCH3 is 1. The van der Waals surface area contributed by atoms with Crippen LogP contribution in [0.1, 0.15) is 5.82 Å². The van der Waals surface area contributed by atoms with Crippen molar-refractivity contribution in [3.05, 3.63) is 18.3 Å². The third-order valence-electron chi connectivity index (χ3n) is 2.37. The average Bonchev–Trinajstić information content (AvgIpc) is 3.00. The SMILES string of the molecule is COc1nc(CNS(=O)(=O)c2cnoc2)nc(N(C)C)n1. The summed E-state index contributed by atoms with van der Waals surface area (Å²) in [5.41, 5.74) is 0. The number of anilines is 1. The van der Waals surface area contributed by atoms with Crippen LogP contribution in [0.25, 0.3) is 0 Å². The first-order chi connectivity index (χ1) is 9.92. The number of ether oxygens (including phenoxy) is 1. The standard InChI is InChI=1S/C10H14N6O4S/c1-16(2)9-13-8(14-10(15-9)19-3)5-12-21(17,18)7-4-11-20-6-7/h4,6,12H,5H2,1-3H3. The van der Waals surface area contributed by atoms with Crippen molar-refractivity contribution >= 4 is 16.0 Å². The molecule has 0 bridgehead atoms. The lowest BCUT2D eigenvalue weighted by Gasteiger charge is -2.12. The van der Waals surface area contributed by atoms with Crippen molar-refractivity contribution < 1.29 is 17.7 Å². The maximum atomic E-state index is 11.9. The molecular weight excluding hydrogens is 300 g/mol. The molecule has 0 saturated carbocycles. The molecule has 2 heterocycles. The lowest BCUT2D eigenvalue weighted by Crippen LogP contribution is -2.25. The minimum absolute atomic E-state index is 0.0728. The Morgan fingerprint density at radius 3 is 2.67 bits per heavy atom. The Balaban J connectivity index is 2.18. The van der Waals surface area contributed by atoms with Crippen LogP contribution in [-0.2, 0) is 16.6 Å². The van der Waals surface area contributed by atoms with E-state index in [9.17, 15) is 8.42 Å². The molecule has 0 unspecified atom stereocenters. The monoisotopic (exact) mass is 314 g/mol. The zero-order chi connectivity index (χ0) is 15.5. The summed E-state index contributed by atoms with van der Waals surface area (Å²) in [5.74, 6) is 0.589. The van der Waals surface area contributed by atoms with Crippen molar-refractivity contribution in [2.75, 3.05) is 26.1 Å². The highest BCUT2D eigenvalue weighted by atomic mass is 32.2. The van der Waals surface area contributed by atoms with Crippen LogP contribution < -0.4 is 14.4 Å². The van der Waals surface area contributed by atoms with Crippen LogP contribution in [0.15, 0.2) is 21.9 Å². The van der Waals surface area contributed by atoms with Gasteiger partial charge in [0.1, 0.15) is 11.2 Å². The maximum Gasteiger partial charge on any atom is 0.321 e. The van der Waals surface area contributed by atoms with E-state index in [4.69, 9.17) is 4.74 Å². The Hall–Kier alpha value is -2.27. The van der Waals surface area contributed by atoms with E-state index in [0.29, 0.717) is 5.95 Å². The summed E-state index contributed by atoms with van der Waals surface area (Å²) in [5, 5.41) is 3.35. The van der Waals surface area contributed by atoms with E-state index in [1.807, 2.05) is 0 Å². The van der Waals surface area contributed by atoms with Gasteiger partial charge in [0.15, 0.2) is 5.82 Å². The van der Waals surface area contributed by atoms with Crippen LogP contribution in [0, 0.1) is 0 Å². The summed E-state index contributed by atoms with van der Waals surface area (Å²) >= 11 is 0. The second-order valence-electron chi connectivity index (χ2n) is 4.12. The van der Waals surface area contributed by atoms with Crippen molar-refractivity contribution in [2.45, 2.75) is 11.4 Å². The molecule has 2 rings (SSSR count). The van der Waals surface area contributed by atoms with Gasteiger partial charge in [-0.25, -0.2) is 13.1 Å². The van der Waals surface area contributed by atoms with E-state index >= 15 is 0 Å². The number of nitrogens with one attached hydrogen (secondary N) is 1. The van der Waals surface area contributed by atoms with E-state index in [0.717, 1.165) is 12.5 Å². The van der Waals surface area contributed by atoms with Gasteiger partial charge in [-0.05, 0) is 0 Å². The van der Waals surface area contributed by atoms with E-state index in [-0.39, 0.29) is 23.3 Å². The number of sulfonamides is 1. The second kappa shape index (κ2) is 6.01. The number of rotatable bonds is 6. The first-order valence-corrected chi connectivity index (χ1v) is 7.26. The van der Waals surface area contributed by atoms with Gasteiger partial charge >= 0.3 is 6.01 Å². The van der Waals surface area contributed by atoms with Crippen LogP contribution in [-0.4, -0.2) is 49.7 Å². The highest BCUT2D eigenvalue weighted by Gasteiger charge is 2.17. The molecule has 2 aromatic rings. The molecule has 0 amide bonds. The predicted molar refractivity (Wildman–Crippen MR) is 71.2 cm³/mol. The lowest BCUT2D eigenvalue weighted by molar-refractivity contribution is 0.375. The molecule has 2 aromatic heterocycles. The van der Waals surface area contributed by atoms with E-state index < -0.39 is 10.0 Å². The zero-order valence-electron chi connectivity index (χ0n) is 11.6. The summed E-state index contributed by atoms with van der Waals surface area (Å²) in [6.45, 7) is -0.118. The van der Waals surface area contributed by atoms with Crippen molar-refractivity contribution in [2.24, 2.45) is 0 Å². The second-order valence-corrected chi connectivity index (χ2v) is 5.88. The molecule has 10 nitrogen and oxygen atoms in total. The number of hydrogen-bond acceptors (Lipinski definition) is 9. The third-order valence-corrected chi connectivity index (χ3v) is 3.72. The lowest BCUT2D eigenvalue weighted by atomic mass is 10.6. The van der Waals surface area contributed by atoms with Crippen molar-refractivity contribution in [3.8, 4) is 6.01 Å². The fourth-order valence-corrected chi connectivity index (χ4v) is 2.16. The summed E-state index contributed by atoms with van der Waals surface area (Å²) in [4.78, 5) is 13.7. The molecule has 11 heteroatoms. The van der Waals surface area contributed by atoms with E-state index in [1.165, 1.54) is 7.11 Å². The van der Waals surface area contributed by atoms with Gasteiger partial charge in [0.05, 0.1) is 19.9 Å². The summed E-state index contributed by atoms with van der Waals surface area (Å²) < 4.78 is 35.6. The predicted octanol–water partition coefficient (Wildman–Crippen LogP) is -0.587. The highest BCUT2D eigenvalue weighted by Crippen LogP contribution is 2.11. The molecule has 0 aliphatic heterocycles. The van der Waals surface area contributed by atoms with Crippen molar-refractivity contribution in [1.82, 2.24) is 24.8 Å². The fraction of sp³-hybridized carbons (Fsp3) is 0.400. The first kappa shape index (κ1) is 15.1. The Bertz CT molecular complexity index is 700. The Morgan fingerprint density at radius 2 is 2.10 bits per heavy atom. The number of hydrogen-bond donors (Lipinski definition) is 1. The molecule has 0 spiro atoms. The van der Waals surface area contributed by atoms with Gasteiger partial charge in [-0.2, -0.15) is 15.0 Å². The van der Waals surface area contributed by atoms with Gasteiger partial charge in [-0.1, -0.05) is 5.16 Å². The van der Waals surface area contributed by atoms with Gasteiger partial charge in [0.2, 0.25) is 16.0 Å². The maximum absolute atomic E-state index is 11.9. The highest BCUT2D eigenvalue weighted by molar-refractivity contribution is 7.89. The van der Waals surface area contributed by atoms with E-state index in [1.54, 1.807) is 19.0 Å². The van der Waals surface area contributed by atoms with Crippen LogP contribution in [0.2, 0.25) is 0 Å². The first-order valence-electron chi connectivity index (χ1n) is 5.77. The fourth-order valence-electron chi connectivity index (χ4n) is 1.33. The molecule has 0 aromatic carbocycles. The normalized spacial score (nSPS) is 11.4. The minimum Gasteiger partial charge on any atom is -0.467 e. The van der Waals surface area contributed by atoms with Gasteiger partial charge in [0, 0.05) is 14.1 Å². The van der Waals surface area contributed by atoms with Crippen LogP contribution in [0.4, 0.5) is 5.95 Å². The minimum atomic E-state index is -3.73. The Morgan fingerprint density at radius 1 is 1.33 bits per heavy atom. The number of aromatic nitrogens is 4. The van der Waals surface area contributed by atoms with E-state index in [2.05, 4.69) is 29.4 Å². The molecular formula is C10H14N6O4S. The van der Waals surface area contributed by atoms with Gasteiger partial charge in [-0.3, -0.25) is 0 Å². The molecule has 0 saturated heterocycles. The third kappa shape index (κ3) is 3.64. The molecule has 1 N–H and O–H groups in total. The van der Waals surface area contributed by atoms with Gasteiger partial charge in [-0.15, -0.1) is 0 Å². The molecule has 0 fully saturated rings. The largest absolute Gasteiger partial charge is 0.467 e. The van der Waals surface area contributed by atoms with Crippen LogP contribution in [0.5, 0.6) is 6.01 Å². The van der Waals surface area contributed by atoms with Gasteiger partial charge in [0.25, 0.3) is 0 Å². The smallest absolute Gasteiger partial charge is 0.321 e. The summed E-state index contributed by atoms with van der Waals surface area (Å²) in [7, 11) is 1.19. The molecule has 21 heavy (non-hydrogen) atoms. The van der Waals surface area contributed by atoms with Crippen LogP contribution in [0.3, 0.4) is 0 Å². The topological polar surface area (TPSA) is 123 Å². The van der Waals surface area contributed by atoms with Gasteiger partial charge < -0.3 is 14.2 Å². The quantitative estimate of drug-likeness (QED) is 0.745. The summed E-state index contributed by atoms with van der Waals surface area (Å²) in [6, 6.07) is 0.105. The Kier molecular flexibility index (Phi) is 4.33. The molecule has 0 atom stereocenters. The molecule has 114 valence electrons. The average molecular weight is 314 g/mol.